The smallest absolute Gasteiger partial charge is 0.0348 e. The molecule has 1 rings (SSSR count). The minimum atomic E-state index is 1.24. The molecule has 0 heteroatoms. The number of allylic oxidation sites excluding steroid dienone is 6. The lowest BCUT2D eigenvalue weighted by atomic mass is 10.1. The van der Waals surface area contributed by atoms with Gasteiger partial charge in [0.25, 0.3) is 0 Å². The molecular weight excluding hydrogens is 156 g/mol. The summed E-state index contributed by atoms with van der Waals surface area (Å²) < 4.78 is 0. The molecule has 0 fully saturated rings. The van der Waals surface area contributed by atoms with Gasteiger partial charge in [0.15, 0.2) is 0 Å². The van der Waals surface area contributed by atoms with Gasteiger partial charge in [-0.25, -0.2) is 0 Å². The second-order valence-corrected chi connectivity index (χ2v) is 3.59. The van der Waals surface area contributed by atoms with Gasteiger partial charge in [-0.1, -0.05) is 55.7 Å². The third kappa shape index (κ3) is 6.39. The third-order valence-corrected chi connectivity index (χ3v) is 2.35. The van der Waals surface area contributed by atoms with Gasteiger partial charge in [0.05, 0.1) is 0 Å². The second kappa shape index (κ2) is 7.85. The Morgan fingerprint density at radius 3 is 1.46 bits per heavy atom. The number of hydrogen-bond acceptors (Lipinski definition) is 0. The van der Waals surface area contributed by atoms with Gasteiger partial charge >= 0.3 is 0 Å². The van der Waals surface area contributed by atoms with Crippen molar-refractivity contribution in [2.75, 3.05) is 0 Å². The predicted octanol–water partition coefficient (Wildman–Crippen LogP) is 4.40. The maximum atomic E-state index is 2.27. The van der Waals surface area contributed by atoms with E-state index >= 15 is 0 Å². The van der Waals surface area contributed by atoms with Crippen LogP contribution in [0, 0.1) is 0 Å². The van der Waals surface area contributed by atoms with E-state index in [0.717, 1.165) is 0 Å². The molecule has 0 aliphatic heterocycles. The van der Waals surface area contributed by atoms with Gasteiger partial charge in [0.2, 0.25) is 0 Å². The van der Waals surface area contributed by atoms with Crippen molar-refractivity contribution in [1.82, 2.24) is 0 Å². The van der Waals surface area contributed by atoms with Gasteiger partial charge in [0.1, 0.15) is 0 Å². The summed E-state index contributed by atoms with van der Waals surface area (Å²) in [6, 6.07) is 0. The molecule has 0 aromatic carbocycles. The van der Waals surface area contributed by atoms with Crippen LogP contribution >= 0.6 is 0 Å². The molecule has 0 nitrogen and oxygen atoms in total. The quantitative estimate of drug-likeness (QED) is 0.513. The average Bonchev–Trinajstić information content (AvgIpc) is 2.18. The van der Waals surface area contributed by atoms with Crippen LogP contribution < -0.4 is 0 Å². The van der Waals surface area contributed by atoms with Gasteiger partial charge < -0.3 is 0 Å². The molecule has 0 aromatic heterocycles. The van der Waals surface area contributed by atoms with Crippen molar-refractivity contribution in [1.29, 1.82) is 0 Å². The molecule has 0 N–H and O–H groups in total. The summed E-state index contributed by atoms with van der Waals surface area (Å²) in [5, 5.41) is 0. The molecule has 0 unspecified atom stereocenters. The zero-order valence-electron chi connectivity index (χ0n) is 8.41. The summed E-state index contributed by atoms with van der Waals surface area (Å²) in [5.41, 5.74) is 0. The Morgan fingerprint density at radius 1 is 0.462 bits per heavy atom. The Bertz CT molecular complexity index is 164. The van der Waals surface area contributed by atoms with Gasteiger partial charge in [-0.05, 0) is 25.7 Å². The highest BCUT2D eigenvalue weighted by molar-refractivity contribution is 5.10. The van der Waals surface area contributed by atoms with Crippen molar-refractivity contribution in [3.05, 3.63) is 36.5 Å². The zero-order valence-corrected chi connectivity index (χ0v) is 8.41. The van der Waals surface area contributed by atoms with Crippen molar-refractivity contribution in [3.63, 3.8) is 0 Å². The van der Waals surface area contributed by atoms with Gasteiger partial charge in [-0.2, -0.15) is 0 Å². The Balaban J connectivity index is 2.29. The van der Waals surface area contributed by atoms with Crippen LogP contribution in [0.5, 0.6) is 0 Å². The van der Waals surface area contributed by atoms with E-state index in [-0.39, 0.29) is 0 Å². The van der Waals surface area contributed by atoms with Crippen molar-refractivity contribution >= 4 is 0 Å². The van der Waals surface area contributed by atoms with Crippen molar-refractivity contribution in [2.45, 2.75) is 44.9 Å². The van der Waals surface area contributed by atoms with E-state index < -0.39 is 0 Å². The first-order chi connectivity index (χ1) is 6.50. The standard InChI is InChI=1S/C13H20/c1-2-4-6-8-10-12-13-11-9-7-5-3-1/h1-6H,7-13H2/b2-1+,5-3-,6-4+. The van der Waals surface area contributed by atoms with Gasteiger partial charge in [0, 0.05) is 0 Å². The average molecular weight is 176 g/mol. The molecule has 0 radical (unpaired) electrons. The fourth-order valence-corrected chi connectivity index (χ4v) is 1.53. The molecule has 1 aliphatic rings. The topological polar surface area (TPSA) is 0 Å². The molecule has 0 atom stereocenters. The lowest BCUT2D eigenvalue weighted by Crippen LogP contribution is -1.77. The van der Waals surface area contributed by atoms with E-state index in [9.17, 15) is 0 Å². The monoisotopic (exact) mass is 176 g/mol. The number of hydrogen-bond donors (Lipinski definition) is 0. The van der Waals surface area contributed by atoms with Crippen LogP contribution in [0.4, 0.5) is 0 Å². The maximum absolute atomic E-state index is 2.27. The van der Waals surface area contributed by atoms with Crippen LogP contribution in [0.1, 0.15) is 44.9 Å². The lowest BCUT2D eigenvalue weighted by molar-refractivity contribution is 0.622. The molecule has 72 valence electrons. The number of rotatable bonds is 0. The molecule has 0 spiro atoms. The van der Waals surface area contributed by atoms with Crippen molar-refractivity contribution in [2.24, 2.45) is 0 Å². The Morgan fingerprint density at radius 2 is 0.923 bits per heavy atom. The van der Waals surface area contributed by atoms with E-state index in [0.29, 0.717) is 0 Å². The van der Waals surface area contributed by atoms with E-state index in [1.54, 1.807) is 0 Å². The SMILES string of the molecule is C1=C\CCCCCCC/C=C/C=C/1. The second-order valence-electron chi connectivity index (χ2n) is 3.59. The van der Waals surface area contributed by atoms with E-state index in [1.807, 2.05) is 0 Å². The molecular formula is C13H20. The Labute approximate surface area is 82.0 Å². The van der Waals surface area contributed by atoms with Crippen molar-refractivity contribution < 1.29 is 0 Å². The molecule has 13 heavy (non-hydrogen) atoms. The summed E-state index contributed by atoms with van der Waals surface area (Å²) in [6.07, 6.45) is 22.5. The fraction of sp³-hybridized carbons (Fsp3) is 0.538. The molecule has 0 amide bonds. The molecule has 0 saturated carbocycles. The Kier molecular flexibility index (Phi) is 6.22. The van der Waals surface area contributed by atoms with Crippen LogP contribution in [-0.2, 0) is 0 Å². The van der Waals surface area contributed by atoms with E-state index in [2.05, 4.69) is 36.5 Å². The summed E-state index contributed by atoms with van der Waals surface area (Å²) in [7, 11) is 0. The minimum absolute atomic E-state index is 1.24. The molecule has 0 bridgehead atoms. The van der Waals surface area contributed by atoms with Gasteiger partial charge in [-0.15, -0.1) is 0 Å². The normalized spacial score (nSPS) is 27.7. The minimum Gasteiger partial charge on any atom is -0.0845 e. The summed E-state index contributed by atoms with van der Waals surface area (Å²) in [5.74, 6) is 0. The maximum Gasteiger partial charge on any atom is -0.0348 e. The molecule has 0 aromatic rings. The summed E-state index contributed by atoms with van der Waals surface area (Å²) in [4.78, 5) is 0. The van der Waals surface area contributed by atoms with E-state index in [1.165, 1.54) is 44.9 Å². The van der Waals surface area contributed by atoms with Crippen LogP contribution in [0.15, 0.2) is 36.5 Å². The largest absolute Gasteiger partial charge is 0.0845 e. The Hall–Kier alpha value is -0.780. The van der Waals surface area contributed by atoms with Crippen LogP contribution in [0.3, 0.4) is 0 Å². The van der Waals surface area contributed by atoms with Crippen LogP contribution in [0.25, 0.3) is 0 Å². The first-order valence-corrected chi connectivity index (χ1v) is 5.48. The highest BCUT2D eigenvalue weighted by Crippen LogP contribution is 2.08. The first kappa shape index (κ1) is 10.3. The van der Waals surface area contributed by atoms with Gasteiger partial charge in [-0.3, -0.25) is 0 Å². The van der Waals surface area contributed by atoms with E-state index in [4.69, 9.17) is 0 Å². The predicted molar refractivity (Wildman–Crippen MR) is 59.7 cm³/mol. The molecule has 1 aliphatic carbocycles. The highest BCUT2D eigenvalue weighted by atomic mass is 13.9. The lowest BCUT2D eigenvalue weighted by Gasteiger charge is -1.97. The third-order valence-electron chi connectivity index (χ3n) is 2.35. The zero-order chi connectivity index (χ0) is 9.19. The summed E-state index contributed by atoms with van der Waals surface area (Å²) in [6.45, 7) is 0. The first-order valence-electron chi connectivity index (χ1n) is 5.48. The van der Waals surface area contributed by atoms with Crippen LogP contribution in [0.2, 0.25) is 0 Å². The fourth-order valence-electron chi connectivity index (χ4n) is 1.53. The highest BCUT2D eigenvalue weighted by Gasteiger charge is 1.88. The van der Waals surface area contributed by atoms with Crippen LogP contribution in [-0.4, -0.2) is 0 Å². The summed E-state index contributed by atoms with van der Waals surface area (Å²) >= 11 is 0. The van der Waals surface area contributed by atoms with Crippen molar-refractivity contribution in [3.8, 4) is 0 Å². The molecule has 0 saturated heterocycles. The molecule has 0 heterocycles.